The Balaban J connectivity index is 1.13. The minimum atomic E-state index is -0.0192. The third-order valence-electron chi connectivity index (χ3n) is 6.24. The molecule has 4 saturated heterocycles. The molecular formula is C17H28N4O2S. The number of hydrogen-bond acceptors (Lipinski definition) is 4. The zero-order valence-corrected chi connectivity index (χ0v) is 15.0. The van der Waals surface area contributed by atoms with Gasteiger partial charge in [-0.3, -0.25) is 4.79 Å². The van der Waals surface area contributed by atoms with E-state index in [-0.39, 0.29) is 12.1 Å². The molecule has 134 valence electrons. The molecule has 4 rings (SSSR count). The first-order chi connectivity index (χ1) is 11.7. The topological polar surface area (TPSA) is 73.5 Å². The molecule has 0 aromatic rings. The average Bonchev–Trinajstić information content (AvgIpc) is 3.09. The highest BCUT2D eigenvalue weighted by atomic mass is 32.2. The van der Waals surface area contributed by atoms with E-state index in [1.165, 1.54) is 6.42 Å². The van der Waals surface area contributed by atoms with Gasteiger partial charge in [0.05, 0.1) is 12.1 Å². The van der Waals surface area contributed by atoms with Gasteiger partial charge in [-0.2, -0.15) is 11.8 Å². The summed E-state index contributed by atoms with van der Waals surface area (Å²) in [6.45, 7) is 2.99. The largest absolute Gasteiger partial charge is 0.343 e. The fraction of sp³-hybridized carbons (Fsp3) is 0.882. The van der Waals surface area contributed by atoms with Crippen molar-refractivity contribution in [2.45, 2.75) is 67.8 Å². The van der Waals surface area contributed by atoms with Crippen LogP contribution in [0.5, 0.6) is 0 Å². The Morgan fingerprint density at radius 1 is 1.21 bits per heavy atom. The summed E-state index contributed by atoms with van der Waals surface area (Å²) in [6, 6.07) is 0.565. The number of rotatable bonds is 5. The summed E-state index contributed by atoms with van der Waals surface area (Å²) in [7, 11) is 0. The van der Waals surface area contributed by atoms with Gasteiger partial charge in [-0.1, -0.05) is 6.42 Å². The molecule has 24 heavy (non-hydrogen) atoms. The lowest BCUT2D eigenvalue weighted by molar-refractivity contribution is -0.133. The van der Waals surface area contributed by atoms with E-state index in [0.29, 0.717) is 29.2 Å². The van der Waals surface area contributed by atoms with Gasteiger partial charge in [0.1, 0.15) is 0 Å². The summed E-state index contributed by atoms with van der Waals surface area (Å²) in [6.07, 6.45) is 7.32. The van der Waals surface area contributed by atoms with Crippen LogP contribution in [0.3, 0.4) is 0 Å². The van der Waals surface area contributed by atoms with Crippen molar-refractivity contribution in [2.75, 3.05) is 25.4 Å². The number of fused-ring (bicyclic) bond motifs is 1. The van der Waals surface area contributed by atoms with Crippen LogP contribution in [-0.4, -0.2) is 65.1 Å². The highest BCUT2D eigenvalue weighted by molar-refractivity contribution is 8.00. The molecule has 0 aromatic heterocycles. The number of likely N-dealkylation sites (tertiary alicyclic amines) is 1. The van der Waals surface area contributed by atoms with Gasteiger partial charge in [-0.05, 0) is 38.6 Å². The first kappa shape index (κ1) is 16.5. The monoisotopic (exact) mass is 352 g/mol. The SMILES string of the molecule is O=C1NC2CSC(CCCCC(=O)N3CCC4(CCN4)CC3)C2N1. The molecule has 4 fully saturated rings. The molecule has 0 radical (unpaired) electrons. The van der Waals surface area contributed by atoms with Crippen LogP contribution in [0.25, 0.3) is 0 Å². The minimum Gasteiger partial charge on any atom is -0.343 e. The average molecular weight is 353 g/mol. The van der Waals surface area contributed by atoms with Crippen molar-refractivity contribution in [3.63, 3.8) is 0 Å². The quantitative estimate of drug-likeness (QED) is 0.511. The molecule has 3 N–H and O–H groups in total. The highest BCUT2D eigenvalue weighted by Crippen LogP contribution is 2.33. The number of hydrogen-bond donors (Lipinski definition) is 3. The lowest BCUT2D eigenvalue weighted by atomic mass is 9.79. The number of carbonyl (C=O) groups is 2. The van der Waals surface area contributed by atoms with Crippen LogP contribution in [-0.2, 0) is 4.79 Å². The molecule has 3 atom stereocenters. The Morgan fingerprint density at radius 2 is 2.00 bits per heavy atom. The third kappa shape index (κ3) is 3.25. The predicted molar refractivity (Wildman–Crippen MR) is 95.1 cm³/mol. The molecule has 4 aliphatic rings. The van der Waals surface area contributed by atoms with E-state index in [9.17, 15) is 9.59 Å². The van der Waals surface area contributed by atoms with E-state index in [1.54, 1.807) is 0 Å². The maximum atomic E-state index is 12.4. The summed E-state index contributed by atoms with van der Waals surface area (Å²) >= 11 is 1.95. The van der Waals surface area contributed by atoms with Crippen molar-refractivity contribution >= 4 is 23.7 Å². The lowest BCUT2D eigenvalue weighted by Gasteiger charge is -2.49. The maximum absolute atomic E-state index is 12.4. The normalized spacial score (nSPS) is 33.8. The standard InChI is InChI=1S/C17H28N4O2S/c22-14(21-9-6-17(7-10-21)5-8-18-17)4-2-1-3-13-15-12(11-24-13)19-16(23)20-15/h12-13,15,18H,1-11H2,(H2,19,20,23). The van der Waals surface area contributed by atoms with E-state index in [2.05, 4.69) is 20.9 Å². The predicted octanol–water partition coefficient (Wildman–Crippen LogP) is 1.07. The highest BCUT2D eigenvalue weighted by Gasteiger charge is 2.42. The number of unbranched alkanes of at least 4 members (excludes halogenated alkanes) is 1. The van der Waals surface area contributed by atoms with E-state index in [4.69, 9.17) is 0 Å². The van der Waals surface area contributed by atoms with E-state index >= 15 is 0 Å². The van der Waals surface area contributed by atoms with Crippen LogP contribution in [0, 0.1) is 0 Å². The van der Waals surface area contributed by atoms with Crippen molar-refractivity contribution in [2.24, 2.45) is 0 Å². The number of nitrogens with one attached hydrogen (secondary N) is 3. The number of thioether (sulfide) groups is 1. The van der Waals surface area contributed by atoms with Crippen LogP contribution in [0.2, 0.25) is 0 Å². The molecule has 0 bridgehead atoms. The van der Waals surface area contributed by atoms with Gasteiger partial charge in [0.15, 0.2) is 0 Å². The lowest BCUT2D eigenvalue weighted by Crippen LogP contribution is -2.62. The summed E-state index contributed by atoms with van der Waals surface area (Å²) in [5, 5.41) is 10.1. The number of nitrogens with zero attached hydrogens (tertiary/aromatic N) is 1. The second-order valence-corrected chi connectivity index (χ2v) is 8.98. The molecule has 4 heterocycles. The fourth-order valence-electron chi connectivity index (χ4n) is 4.51. The number of amides is 3. The number of carbonyl (C=O) groups excluding carboxylic acids is 2. The van der Waals surface area contributed by atoms with Gasteiger partial charge in [0.2, 0.25) is 5.91 Å². The van der Waals surface area contributed by atoms with Crippen LogP contribution >= 0.6 is 11.8 Å². The van der Waals surface area contributed by atoms with Crippen molar-refractivity contribution in [1.29, 1.82) is 0 Å². The van der Waals surface area contributed by atoms with E-state index in [1.807, 2.05) is 11.8 Å². The summed E-state index contributed by atoms with van der Waals surface area (Å²) < 4.78 is 0. The molecule has 3 amide bonds. The molecular weight excluding hydrogens is 324 g/mol. The zero-order chi connectivity index (χ0) is 16.6. The second-order valence-electron chi connectivity index (χ2n) is 7.71. The van der Waals surface area contributed by atoms with E-state index < -0.39 is 0 Å². The minimum absolute atomic E-state index is 0.0192. The molecule has 6 nitrogen and oxygen atoms in total. The second kappa shape index (κ2) is 6.75. The van der Waals surface area contributed by atoms with Crippen molar-refractivity contribution in [1.82, 2.24) is 20.9 Å². The van der Waals surface area contributed by atoms with Gasteiger partial charge in [-0.25, -0.2) is 4.79 Å². The van der Waals surface area contributed by atoms with Gasteiger partial charge in [0, 0.05) is 36.1 Å². The number of urea groups is 1. The maximum Gasteiger partial charge on any atom is 0.315 e. The molecule has 1 spiro atoms. The Morgan fingerprint density at radius 3 is 2.71 bits per heavy atom. The Bertz CT molecular complexity index is 501. The van der Waals surface area contributed by atoms with Gasteiger partial charge >= 0.3 is 6.03 Å². The summed E-state index contributed by atoms with van der Waals surface area (Å²) in [5.74, 6) is 1.34. The van der Waals surface area contributed by atoms with Crippen molar-refractivity contribution in [3.8, 4) is 0 Å². The fourth-order valence-corrected chi connectivity index (χ4v) is 6.06. The van der Waals surface area contributed by atoms with Gasteiger partial charge < -0.3 is 20.9 Å². The number of piperidine rings is 1. The molecule has 7 heteroatoms. The third-order valence-corrected chi connectivity index (χ3v) is 7.75. The van der Waals surface area contributed by atoms with Crippen LogP contribution in [0.4, 0.5) is 4.79 Å². The smallest absolute Gasteiger partial charge is 0.315 e. The van der Waals surface area contributed by atoms with Crippen LogP contribution in [0.15, 0.2) is 0 Å². The Hall–Kier alpha value is -0.950. The van der Waals surface area contributed by atoms with E-state index in [0.717, 1.165) is 57.5 Å². The molecule has 3 unspecified atom stereocenters. The van der Waals surface area contributed by atoms with Gasteiger partial charge in [-0.15, -0.1) is 0 Å². The molecule has 0 aromatic carbocycles. The molecule has 4 aliphatic heterocycles. The van der Waals surface area contributed by atoms with Crippen molar-refractivity contribution < 1.29 is 9.59 Å². The summed E-state index contributed by atoms with van der Waals surface area (Å²) in [4.78, 5) is 25.8. The first-order valence-electron chi connectivity index (χ1n) is 9.37. The Kier molecular flexibility index (Phi) is 4.64. The van der Waals surface area contributed by atoms with Crippen molar-refractivity contribution in [3.05, 3.63) is 0 Å². The first-order valence-corrected chi connectivity index (χ1v) is 10.4. The zero-order valence-electron chi connectivity index (χ0n) is 14.2. The van der Waals surface area contributed by atoms with Gasteiger partial charge in [0.25, 0.3) is 0 Å². The van der Waals surface area contributed by atoms with Crippen LogP contribution < -0.4 is 16.0 Å². The molecule has 0 saturated carbocycles. The molecule has 0 aliphatic carbocycles. The summed E-state index contributed by atoms with van der Waals surface area (Å²) in [5.41, 5.74) is 0.368. The van der Waals surface area contributed by atoms with Crippen LogP contribution in [0.1, 0.15) is 44.9 Å². The Labute approximate surface area is 147 Å².